The molecule has 3 nitrogen and oxygen atoms in total. The van der Waals surface area contributed by atoms with Crippen LogP contribution in [0.25, 0.3) is 0 Å². The van der Waals surface area contributed by atoms with Gasteiger partial charge in [0, 0.05) is 24.0 Å². The summed E-state index contributed by atoms with van der Waals surface area (Å²) >= 11 is 0. The second kappa shape index (κ2) is 5.18. The monoisotopic (exact) mass is 332 g/mol. The molecule has 5 aliphatic carbocycles. The van der Waals surface area contributed by atoms with Gasteiger partial charge in [0.05, 0.1) is 6.10 Å². The lowest BCUT2D eigenvalue weighted by molar-refractivity contribution is -0.226. The first-order chi connectivity index (χ1) is 11.4. The van der Waals surface area contributed by atoms with E-state index in [0.717, 1.165) is 49.7 Å². The molecule has 2 unspecified atom stereocenters. The Balaban J connectivity index is 1.86. The summed E-state index contributed by atoms with van der Waals surface area (Å²) in [7, 11) is 0. The Hall–Kier alpha value is -0.640. The van der Waals surface area contributed by atoms with Crippen LogP contribution < -0.4 is 0 Å². The molecule has 5 fully saturated rings. The minimum Gasteiger partial charge on any atom is -0.396 e. The number of rotatable bonds is 2. The Morgan fingerprint density at radius 1 is 1.04 bits per heavy atom. The maximum Gasteiger partial charge on any atom is 0.0642 e. The van der Waals surface area contributed by atoms with Gasteiger partial charge in [0.2, 0.25) is 0 Å². The molecule has 0 amide bonds. The highest BCUT2D eigenvalue weighted by atomic mass is 16.3. The third-order valence-corrected chi connectivity index (χ3v) is 8.82. The molecule has 5 aliphatic rings. The summed E-state index contributed by atoms with van der Waals surface area (Å²) in [6, 6.07) is 0. The van der Waals surface area contributed by atoms with Crippen molar-refractivity contribution in [1.29, 1.82) is 0 Å². The fourth-order valence-electron chi connectivity index (χ4n) is 7.49. The molecule has 1 spiro atoms. The largest absolute Gasteiger partial charge is 0.396 e. The molecule has 2 bridgehead atoms. The predicted molar refractivity (Wildman–Crippen MR) is 94.2 cm³/mol. The highest BCUT2D eigenvalue weighted by Crippen LogP contribution is 2.73. The van der Waals surface area contributed by atoms with Gasteiger partial charge in [0.15, 0.2) is 0 Å². The first kappa shape index (κ1) is 16.8. The number of fused-ring (bicyclic) bond motifs is 3. The Morgan fingerprint density at radius 3 is 2.46 bits per heavy atom. The SMILES string of the molecule is C=C1C(=C)[C@]23CC[C@H]1CC2[C@]1(CO)CCC[C@@](C)(CO)C1C[C@H]3O. The van der Waals surface area contributed by atoms with Crippen molar-refractivity contribution in [2.45, 2.75) is 58.0 Å². The van der Waals surface area contributed by atoms with Crippen molar-refractivity contribution in [2.24, 2.45) is 34.0 Å². The number of hydrogen-bond acceptors (Lipinski definition) is 3. The smallest absolute Gasteiger partial charge is 0.0642 e. The summed E-state index contributed by atoms with van der Waals surface area (Å²) in [5, 5.41) is 32.0. The summed E-state index contributed by atoms with van der Waals surface area (Å²) < 4.78 is 0. The molecule has 3 heteroatoms. The van der Waals surface area contributed by atoms with E-state index in [1.54, 1.807) is 0 Å². The summed E-state index contributed by atoms with van der Waals surface area (Å²) in [6.07, 6.45) is 6.38. The standard InChI is InChI=1S/C21H32O3/c1-13-14(2)21-8-5-15(13)9-17(21)20(12-23)7-4-6-19(3,11-22)16(20)10-18(21)24/h15-18,22-24H,1-2,4-12H2,3H3/t15-,16?,17?,18+,19-,20-,21+/m0/s1. The van der Waals surface area contributed by atoms with Crippen LogP contribution in [0.5, 0.6) is 0 Å². The number of allylic oxidation sites excluding steroid dienone is 1. The molecular weight excluding hydrogens is 300 g/mol. The summed E-state index contributed by atoms with van der Waals surface area (Å²) in [5.41, 5.74) is 1.53. The lowest BCUT2D eigenvalue weighted by Crippen LogP contribution is -2.67. The summed E-state index contributed by atoms with van der Waals surface area (Å²) in [5.74, 6) is 0.910. The van der Waals surface area contributed by atoms with Crippen molar-refractivity contribution >= 4 is 0 Å². The molecule has 0 aromatic rings. The molecule has 7 atom stereocenters. The molecule has 0 aromatic carbocycles. The average molecular weight is 332 g/mol. The van der Waals surface area contributed by atoms with Gasteiger partial charge in [-0.15, -0.1) is 0 Å². The van der Waals surface area contributed by atoms with E-state index in [2.05, 4.69) is 20.1 Å². The van der Waals surface area contributed by atoms with E-state index in [9.17, 15) is 15.3 Å². The molecule has 5 rings (SSSR count). The van der Waals surface area contributed by atoms with Crippen LogP contribution >= 0.6 is 0 Å². The van der Waals surface area contributed by atoms with Crippen LogP contribution in [0.15, 0.2) is 24.3 Å². The molecule has 0 aliphatic heterocycles. The second-order valence-corrected chi connectivity index (χ2v) is 9.43. The molecule has 134 valence electrons. The maximum absolute atomic E-state index is 11.3. The zero-order valence-corrected chi connectivity index (χ0v) is 14.9. The van der Waals surface area contributed by atoms with Crippen LogP contribution in [0, 0.1) is 34.0 Å². The normalized spacial score (nSPS) is 53.7. The Kier molecular flexibility index (Phi) is 3.63. The number of aliphatic hydroxyl groups is 3. The zero-order chi connectivity index (χ0) is 17.3. The highest BCUT2D eigenvalue weighted by molar-refractivity contribution is 5.44. The first-order valence-electron chi connectivity index (χ1n) is 9.64. The fourth-order valence-corrected chi connectivity index (χ4v) is 7.49. The van der Waals surface area contributed by atoms with E-state index in [1.807, 2.05) is 0 Å². The third-order valence-electron chi connectivity index (χ3n) is 8.82. The van der Waals surface area contributed by atoms with Gasteiger partial charge < -0.3 is 15.3 Å². The lowest BCUT2D eigenvalue weighted by atomic mass is 9.35. The maximum atomic E-state index is 11.3. The molecule has 0 radical (unpaired) electrons. The van der Waals surface area contributed by atoms with Crippen molar-refractivity contribution in [1.82, 2.24) is 0 Å². The van der Waals surface area contributed by atoms with Crippen molar-refractivity contribution < 1.29 is 15.3 Å². The minimum atomic E-state index is -0.429. The molecule has 24 heavy (non-hydrogen) atoms. The van der Waals surface area contributed by atoms with E-state index in [1.165, 1.54) is 0 Å². The van der Waals surface area contributed by atoms with Crippen molar-refractivity contribution in [3.63, 3.8) is 0 Å². The molecular formula is C21H32O3. The molecule has 3 N–H and O–H groups in total. The highest BCUT2D eigenvalue weighted by Gasteiger charge is 2.69. The molecule has 5 saturated carbocycles. The minimum absolute atomic E-state index is 0.142. The Morgan fingerprint density at radius 2 is 1.79 bits per heavy atom. The third kappa shape index (κ3) is 1.74. The van der Waals surface area contributed by atoms with Crippen molar-refractivity contribution in [3.8, 4) is 0 Å². The van der Waals surface area contributed by atoms with Gasteiger partial charge in [-0.05, 0) is 72.8 Å². The van der Waals surface area contributed by atoms with Crippen LogP contribution in [-0.2, 0) is 0 Å². The topological polar surface area (TPSA) is 60.7 Å². The second-order valence-electron chi connectivity index (χ2n) is 9.43. The average Bonchev–Trinajstić information content (AvgIpc) is 2.60. The van der Waals surface area contributed by atoms with E-state index in [-0.39, 0.29) is 41.3 Å². The van der Waals surface area contributed by atoms with Crippen molar-refractivity contribution in [2.75, 3.05) is 13.2 Å². The van der Waals surface area contributed by atoms with Gasteiger partial charge in [-0.2, -0.15) is 0 Å². The van der Waals surface area contributed by atoms with Crippen LogP contribution in [0.4, 0.5) is 0 Å². The van der Waals surface area contributed by atoms with Gasteiger partial charge >= 0.3 is 0 Å². The van der Waals surface area contributed by atoms with Crippen LogP contribution in [0.1, 0.15) is 51.9 Å². The van der Waals surface area contributed by atoms with Gasteiger partial charge in [0.25, 0.3) is 0 Å². The number of hydrogen-bond donors (Lipinski definition) is 3. The molecule has 0 saturated heterocycles. The summed E-state index contributed by atoms with van der Waals surface area (Å²) in [6.45, 7) is 11.1. The Bertz CT molecular complexity index is 584. The number of aliphatic hydroxyl groups excluding tert-OH is 3. The van der Waals surface area contributed by atoms with Gasteiger partial charge in [-0.25, -0.2) is 0 Å². The molecule has 0 aromatic heterocycles. The summed E-state index contributed by atoms with van der Waals surface area (Å²) in [4.78, 5) is 0. The van der Waals surface area contributed by atoms with Crippen LogP contribution in [-0.4, -0.2) is 34.6 Å². The van der Waals surface area contributed by atoms with E-state index in [0.29, 0.717) is 12.3 Å². The van der Waals surface area contributed by atoms with Gasteiger partial charge in [0.1, 0.15) is 0 Å². The fraction of sp³-hybridized carbons (Fsp3) is 0.810. The quantitative estimate of drug-likeness (QED) is 0.728. The van der Waals surface area contributed by atoms with Crippen molar-refractivity contribution in [3.05, 3.63) is 24.3 Å². The van der Waals surface area contributed by atoms with E-state index < -0.39 is 6.10 Å². The van der Waals surface area contributed by atoms with Crippen LogP contribution in [0.3, 0.4) is 0 Å². The Labute approximate surface area is 145 Å². The molecule has 0 heterocycles. The van der Waals surface area contributed by atoms with E-state index in [4.69, 9.17) is 0 Å². The zero-order valence-electron chi connectivity index (χ0n) is 14.9. The van der Waals surface area contributed by atoms with Gasteiger partial charge in [-0.3, -0.25) is 0 Å². The first-order valence-corrected chi connectivity index (χ1v) is 9.64. The van der Waals surface area contributed by atoms with E-state index >= 15 is 0 Å². The van der Waals surface area contributed by atoms with Gasteiger partial charge in [-0.1, -0.05) is 26.5 Å². The van der Waals surface area contributed by atoms with Crippen LogP contribution in [0.2, 0.25) is 0 Å². The predicted octanol–water partition coefficient (Wildman–Crippen LogP) is 3.06. The lowest BCUT2D eigenvalue weighted by Gasteiger charge is -2.70.